The van der Waals surface area contributed by atoms with Crippen molar-refractivity contribution >= 4 is 23.6 Å². The summed E-state index contributed by atoms with van der Waals surface area (Å²) in [5, 5.41) is 9.19. The number of hydrogen-bond acceptors (Lipinski definition) is 7. The number of hydrogen-bond donors (Lipinski definition) is 3. The molecule has 1 aliphatic heterocycles. The first-order chi connectivity index (χ1) is 23.6. The van der Waals surface area contributed by atoms with E-state index in [0.29, 0.717) is 6.54 Å². The van der Waals surface area contributed by atoms with Crippen LogP contribution in [0.25, 0.3) is 0 Å². The Bertz CT molecular complexity index is 1210. The van der Waals surface area contributed by atoms with E-state index in [1.807, 2.05) is 76.8 Å². The Balaban J connectivity index is 2.22. The number of carbonyl (C=O) groups is 4. The molecule has 1 fully saturated rings. The van der Waals surface area contributed by atoms with Gasteiger partial charge in [0.15, 0.2) is 0 Å². The first kappa shape index (κ1) is 43.1. The Morgan fingerprint density at radius 3 is 2.04 bits per heavy atom. The molecule has 3 N–H and O–H groups in total. The van der Waals surface area contributed by atoms with Gasteiger partial charge in [-0.2, -0.15) is 0 Å². The monoisotopic (exact) mass is 702 g/mol. The summed E-state index contributed by atoms with van der Waals surface area (Å²) in [4.78, 5) is 58.3. The summed E-state index contributed by atoms with van der Waals surface area (Å²) in [5.74, 6) is -1.22. The third-order valence-corrected chi connectivity index (χ3v) is 10.5. The lowest BCUT2D eigenvalue weighted by Crippen LogP contribution is -2.59. The molecule has 0 saturated carbocycles. The van der Waals surface area contributed by atoms with E-state index in [4.69, 9.17) is 9.47 Å². The number of carbonyl (C=O) groups excluding carboxylic acids is 4. The van der Waals surface area contributed by atoms with Gasteiger partial charge in [0.1, 0.15) is 6.04 Å². The molecule has 9 atom stereocenters. The highest BCUT2D eigenvalue weighted by Gasteiger charge is 2.43. The van der Waals surface area contributed by atoms with E-state index in [1.165, 1.54) is 0 Å². The van der Waals surface area contributed by atoms with Crippen LogP contribution in [0.2, 0.25) is 0 Å². The molecule has 0 aromatic heterocycles. The average molecular weight is 702 g/mol. The minimum absolute atomic E-state index is 0.00799. The quantitative estimate of drug-likeness (QED) is 0.187. The number of rotatable bonds is 20. The molecule has 50 heavy (non-hydrogen) atoms. The third-order valence-electron chi connectivity index (χ3n) is 10.5. The van der Waals surface area contributed by atoms with Gasteiger partial charge in [0.2, 0.25) is 23.6 Å². The Kier molecular flexibility index (Phi) is 17.9. The Morgan fingerprint density at radius 1 is 0.900 bits per heavy atom. The molecule has 0 radical (unpaired) electrons. The third kappa shape index (κ3) is 11.5. The molecule has 11 nitrogen and oxygen atoms in total. The molecular weight excluding hydrogens is 634 g/mol. The summed E-state index contributed by atoms with van der Waals surface area (Å²) in [6.45, 7) is 16.3. The molecule has 4 amide bonds. The predicted molar refractivity (Wildman–Crippen MR) is 198 cm³/mol. The normalized spacial score (nSPS) is 19.6. The number of benzene rings is 1. The zero-order chi connectivity index (χ0) is 37.7. The number of nitrogens with one attached hydrogen (secondary N) is 3. The van der Waals surface area contributed by atoms with E-state index < -0.39 is 36.3 Å². The van der Waals surface area contributed by atoms with E-state index in [0.717, 1.165) is 31.2 Å². The average Bonchev–Trinajstić information content (AvgIpc) is 3.56. The number of likely N-dealkylation sites (N-methyl/N-ethyl adjacent to an activating group) is 2. The highest BCUT2D eigenvalue weighted by molar-refractivity contribution is 5.90. The molecule has 0 aliphatic carbocycles. The first-order valence-corrected chi connectivity index (χ1v) is 18.6. The minimum Gasteiger partial charge on any atom is -0.379 e. The predicted octanol–water partition coefficient (Wildman–Crippen LogP) is 4.04. The van der Waals surface area contributed by atoms with Crippen LogP contribution in [0.15, 0.2) is 30.3 Å². The SMILES string of the molecule is CCC(C)[C@@H](C(CC(=O)N1CCCC1C(OC)C(C)C(=O)N[C@H](C)Cc1ccccc1)OC)N(C)C(=O)[C@@H](NC(=O)C(NC)C(C)C)C(C)C. The molecule has 1 aromatic rings. The fraction of sp³-hybridized carbons (Fsp3) is 0.744. The smallest absolute Gasteiger partial charge is 0.245 e. The van der Waals surface area contributed by atoms with Crippen LogP contribution in [-0.2, 0) is 35.1 Å². The Labute approximate surface area is 302 Å². The molecule has 284 valence electrons. The van der Waals surface area contributed by atoms with Crippen molar-refractivity contribution in [3.8, 4) is 0 Å². The van der Waals surface area contributed by atoms with Crippen LogP contribution in [0.3, 0.4) is 0 Å². The maximum atomic E-state index is 14.1. The Hall–Kier alpha value is -3.02. The largest absolute Gasteiger partial charge is 0.379 e. The first-order valence-electron chi connectivity index (χ1n) is 18.6. The van der Waals surface area contributed by atoms with Crippen molar-refractivity contribution in [3.05, 3.63) is 35.9 Å². The van der Waals surface area contributed by atoms with E-state index in [1.54, 1.807) is 33.2 Å². The number of amides is 4. The topological polar surface area (TPSA) is 129 Å². The lowest BCUT2D eigenvalue weighted by molar-refractivity contribution is -0.147. The fourth-order valence-electron chi connectivity index (χ4n) is 7.44. The number of likely N-dealkylation sites (tertiary alicyclic amines) is 1. The van der Waals surface area contributed by atoms with Gasteiger partial charge in [-0.05, 0) is 56.6 Å². The van der Waals surface area contributed by atoms with Gasteiger partial charge in [0.25, 0.3) is 0 Å². The van der Waals surface area contributed by atoms with E-state index in [-0.39, 0.29) is 59.9 Å². The molecule has 2 rings (SSSR count). The zero-order valence-corrected chi connectivity index (χ0v) is 32.8. The van der Waals surface area contributed by atoms with Crippen LogP contribution in [0.4, 0.5) is 0 Å². The maximum absolute atomic E-state index is 14.1. The van der Waals surface area contributed by atoms with Gasteiger partial charge >= 0.3 is 0 Å². The van der Waals surface area contributed by atoms with Crippen molar-refractivity contribution < 1.29 is 28.7 Å². The second kappa shape index (κ2) is 20.7. The molecule has 11 heteroatoms. The van der Waals surface area contributed by atoms with Crippen molar-refractivity contribution in [2.75, 3.05) is 34.9 Å². The van der Waals surface area contributed by atoms with Gasteiger partial charge in [0.05, 0.1) is 42.7 Å². The molecule has 6 unspecified atom stereocenters. The molecule has 1 aliphatic rings. The van der Waals surface area contributed by atoms with Gasteiger partial charge in [-0.1, -0.05) is 85.2 Å². The van der Waals surface area contributed by atoms with E-state index in [9.17, 15) is 19.2 Å². The summed E-state index contributed by atoms with van der Waals surface area (Å²) in [5.41, 5.74) is 1.15. The summed E-state index contributed by atoms with van der Waals surface area (Å²) >= 11 is 0. The summed E-state index contributed by atoms with van der Waals surface area (Å²) in [6, 6.07) is 8.14. The van der Waals surface area contributed by atoms with Crippen molar-refractivity contribution in [2.45, 2.75) is 130 Å². The molecule has 1 saturated heterocycles. The second-order valence-electron chi connectivity index (χ2n) is 14.9. The van der Waals surface area contributed by atoms with Crippen molar-refractivity contribution in [1.82, 2.24) is 25.8 Å². The molecule has 0 spiro atoms. The lowest BCUT2D eigenvalue weighted by atomic mass is 9.89. The van der Waals surface area contributed by atoms with Crippen LogP contribution in [0, 0.1) is 23.7 Å². The van der Waals surface area contributed by atoms with Gasteiger partial charge in [-0.3, -0.25) is 19.2 Å². The van der Waals surface area contributed by atoms with Crippen LogP contribution in [0.5, 0.6) is 0 Å². The van der Waals surface area contributed by atoms with Gasteiger partial charge in [-0.15, -0.1) is 0 Å². The van der Waals surface area contributed by atoms with Crippen molar-refractivity contribution in [3.63, 3.8) is 0 Å². The molecule has 0 bridgehead atoms. The zero-order valence-electron chi connectivity index (χ0n) is 32.8. The highest BCUT2D eigenvalue weighted by atomic mass is 16.5. The fourth-order valence-corrected chi connectivity index (χ4v) is 7.44. The molecule has 1 heterocycles. The van der Waals surface area contributed by atoms with Crippen molar-refractivity contribution in [1.29, 1.82) is 0 Å². The maximum Gasteiger partial charge on any atom is 0.245 e. The number of ether oxygens (including phenoxy) is 2. The van der Waals surface area contributed by atoms with Crippen LogP contribution in [-0.4, -0.2) is 111 Å². The second-order valence-corrected chi connectivity index (χ2v) is 14.9. The summed E-state index contributed by atoms with van der Waals surface area (Å²) < 4.78 is 12.0. The standard InChI is InChI=1S/C39H67N5O6/c1-13-26(6)35(43(10)39(48)34(25(4)5)42-38(47)33(40-9)24(2)3)31(49-11)23-32(45)44-21-17-20-30(44)36(50-12)28(8)37(46)41-27(7)22-29-18-15-14-16-19-29/h14-16,18-19,24-28,30-31,33-36,40H,13,17,20-23H2,1-12H3,(H,41,46)(H,42,47)/t26?,27-,28?,30?,31?,33?,34+,35+,36?/m1/s1. The Morgan fingerprint density at radius 2 is 1.52 bits per heavy atom. The van der Waals surface area contributed by atoms with Crippen LogP contribution in [0.1, 0.15) is 86.6 Å². The van der Waals surface area contributed by atoms with Crippen molar-refractivity contribution in [2.24, 2.45) is 23.7 Å². The van der Waals surface area contributed by atoms with Crippen LogP contribution >= 0.6 is 0 Å². The summed E-state index contributed by atoms with van der Waals surface area (Å²) in [6.07, 6.45) is 2.01. The molecular formula is C39H67N5O6. The van der Waals surface area contributed by atoms with Gasteiger partial charge in [-0.25, -0.2) is 0 Å². The number of nitrogens with zero attached hydrogens (tertiary/aromatic N) is 2. The summed E-state index contributed by atoms with van der Waals surface area (Å²) in [7, 11) is 6.67. The highest BCUT2D eigenvalue weighted by Crippen LogP contribution is 2.29. The van der Waals surface area contributed by atoms with Gasteiger partial charge in [0, 0.05) is 33.9 Å². The number of methoxy groups -OCH3 is 2. The van der Waals surface area contributed by atoms with E-state index in [2.05, 4.69) is 29.8 Å². The van der Waals surface area contributed by atoms with E-state index >= 15 is 0 Å². The van der Waals surface area contributed by atoms with Gasteiger partial charge < -0.3 is 35.2 Å². The lowest BCUT2D eigenvalue weighted by Gasteiger charge is -2.41. The van der Waals surface area contributed by atoms with Crippen LogP contribution < -0.4 is 16.0 Å². The molecule has 1 aromatic carbocycles. The minimum atomic E-state index is -0.740.